The van der Waals surface area contributed by atoms with Crippen LogP contribution in [0.5, 0.6) is 0 Å². The molecule has 0 spiro atoms. The number of para-hydroxylation sites is 1. The number of pyridine rings is 1. The topological polar surface area (TPSA) is 12.9 Å². The molecule has 0 amide bonds. The summed E-state index contributed by atoms with van der Waals surface area (Å²) in [6, 6.07) is 15.7. The van der Waals surface area contributed by atoms with Crippen molar-refractivity contribution in [2.24, 2.45) is 0 Å². The van der Waals surface area contributed by atoms with E-state index in [4.69, 9.17) is 0 Å². The van der Waals surface area contributed by atoms with Gasteiger partial charge in [0.2, 0.25) is 0 Å². The van der Waals surface area contributed by atoms with Crippen molar-refractivity contribution in [1.82, 2.24) is 4.98 Å². The molecule has 3 aromatic rings. The molecule has 3 rings (SSSR count). The molecular formula is C14H10FN. The summed E-state index contributed by atoms with van der Waals surface area (Å²) in [5.41, 5.74) is 1.38. The predicted molar refractivity (Wildman–Crippen MR) is 64.1 cm³/mol. The molecule has 16 heavy (non-hydrogen) atoms. The number of hydrogen-bond donors (Lipinski definition) is 0. The number of alkyl halides is 1. The normalized spacial score (nSPS) is 11.1. The minimum Gasteiger partial charge on any atom is -0.249 e. The van der Waals surface area contributed by atoms with Crippen molar-refractivity contribution in [3.63, 3.8) is 0 Å². The molecule has 0 radical (unpaired) electrons. The monoisotopic (exact) mass is 211 g/mol. The Hall–Kier alpha value is -1.96. The second kappa shape index (κ2) is 3.56. The molecule has 2 aromatic carbocycles. The number of halogens is 1. The fraction of sp³-hybridized carbons (Fsp3) is 0.0714. The van der Waals surface area contributed by atoms with Gasteiger partial charge in [0.05, 0.1) is 11.2 Å². The summed E-state index contributed by atoms with van der Waals surface area (Å²) < 4.78 is 12.9. The van der Waals surface area contributed by atoms with Crippen LogP contribution in [0.25, 0.3) is 21.7 Å². The molecule has 0 unspecified atom stereocenters. The molecular weight excluding hydrogens is 201 g/mol. The van der Waals surface area contributed by atoms with Crippen LogP contribution >= 0.6 is 0 Å². The van der Waals surface area contributed by atoms with Gasteiger partial charge in [0, 0.05) is 10.8 Å². The molecule has 0 fully saturated rings. The highest BCUT2D eigenvalue weighted by Crippen LogP contribution is 2.26. The maximum Gasteiger partial charge on any atom is 0.132 e. The first-order valence-corrected chi connectivity index (χ1v) is 5.22. The van der Waals surface area contributed by atoms with Crippen LogP contribution in [-0.4, -0.2) is 4.98 Å². The summed E-state index contributed by atoms with van der Waals surface area (Å²) in [4.78, 5) is 4.35. The van der Waals surface area contributed by atoms with Gasteiger partial charge in [0.1, 0.15) is 6.67 Å². The molecule has 0 saturated carbocycles. The third-order valence-electron chi connectivity index (χ3n) is 2.81. The second-order valence-electron chi connectivity index (χ2n) is 3.75. The van der Waals surface area contributed by atoms with Crippen molar-refractivity contribution in [3.05, 3.63) is 54.2 Å². The second-order valence-corrected chi connectivity index (χ2v) is 3.75. The van der Waals surface area contributed by atoms with Crippen LogP contribution in [0.4, 0.5) is 4.39 Å². The first kappa shape index (κ1) is 9.28. The molecule has 0 N–H and O–H groups in total. The zero-order valence-electron chi connectivity index (χ0n) is 8.65. The first-order valence-electron chi connectivity index (χ1n) is 5.22. The lowest BCUT2D eigenvalue weighted by Gasteiger charge is -2.06. The Kier molecular flexibility index (Phi) is 2.07. The molecule has 1 nitrogen and oxygen atoms in total. The van der Waals surface area contributed by atoms with Crippen molar-refractivity contribution >= 4 is 21.7 Å². The standard InChI is InChI=1S/C14H10FN/c15-9-14-12-7-2-1-5-10(12)11-6-3-4-8-13(11)16-14/h1-8H,9H2. The summed E-state index contributed by atoms with van der Waals surface area (Å²) in [5.74, 6) is 0. The highest BCUT2D eigenvalue weighted by atomic mass is 19.1. The highest BCUT2D eigenvalue weighted by Gasteiger charge is 2.06. The van der Waals surface area contributed by atoms with Gasteiger partial charge in [-0.25, -0.2) is 9.37 Å². The maximum atomic E-state index is 12.9. The third-order valence-corrected chi connectivity index (χ3v) is 2.81. The van der Waals surface area contributed by atoms with E-state index in [-0.39, 0.29) is 0 Å². The lowest BCUT2D eigenvalue weighted by Crippen LogP contribution is -1.90. The summed E-state index contributed by atoms with van der Waals surface area (Å²) in [6.07, 6.45) is 0. The van der Waals surface area contributed by atoms with Gasteiger partial charge in [0.15, 0.2) is 0 Å². The average molecular weight is 211 g/mol. The van der Waals surface area contributed by atoms with E-state index < -0.39 is 6.67 Å². The molecule has 0 bridgehead atoms. The van der Waals surface area contributed by atoms with Gasteiger partial charge in [0.25, 0.3) is 0 Å². The Bertz CT molecular complexity index is 661. The van der Waals surface area contributed by atoms with Crippen LogP contribution < -0.4 is 0 Å². The summed E-state index contributed by atoms with van der Waals surface area (Å²) in [5, 5.41) is 3.06. The smallest absolute Gasteiger partial charge is 0.132 e. The molecule has 0 saturated heterocycles. The molecule has 1 heterocycles. The van der Waals surface area contributed by atoms with E-state index >= 15 is 0 Å². The number of aromatic nitrogens is 1. The van der Waals surface area contributed by atoms with Gasteiger partial charge in [-0.1, -0.05) is 42.5 Å². The van der Waals surface area contributed by atoms with Gasteiger partial charge in [-0.3, -0.25) is 0 Å². The Balaban J connectivity index is 2.57. The zero-order valence-corrected chi connectivity index (χ0v) is 8.65. The Labute approximate surface area is 92.5 Å². The zero-order chi connectivity index (χ0) is 11.0. The van der Waals surface area contributed by atoms with Gasteiger partial charge in [-0.15, -0.1) is 0 Å². The fourth-order valence-corrected chi connectivity index (χ4v) is 2.08. The quantitative estimate of drug-likeness (QED) is 0.557. The van der Waals surface area contributed by atoms with Crippen LogP contribution in [-0.2, 0) is 6.67 Å². The summed E-state index contributed by atoms with van der Waals surface area (Å²) in [6.45, 7) is -0.522. The molecule has 0 aliphatic rings. The van der Waals surface area contributed by atoms with Crippen LogP contribution in [0.2, 0.25) is 0 Å². The Morgan fingerprint density at radius 3 is 2.19 bits per heavy atom. The molecule has 0 aliphatic heterocycles. The van der Waals surface area contributed by atoms with E-state index in [0.29, 0.717) is 5.69 Å². The Morgan fingerprint density at radius 1 is 0.812 bits per heavy atom. The summed E-state index contributed by atoms with van der Waals surface area (Å²) >= 11 is 0. The van der Waals surface area contributed by atoms with E-state index in [0.717, 1.165) is 21.7 Å². The first-order chi connectivity index (χ1) is 7.90. The number of benzene rings is 2. The lowest BCUT2D eigenvalue weighted by atomic mass is 10.0. The minimum atomic E-state index is -0.522. The van der Waals surface area contributed by atoms with Crippen LogP contribution in [0.1, 0.15) is 5.69 Å². The molecule has 0 atom stereocenters. The van der Waals surface area contributed by atoms with Gasteiger partial charge < -0.3 is 0 Å². The van der Waals surface area contributed by atoms with Gasteiger partial charge >= 0.3 is 0 Å². The number of rotatable bonds is 1. The van der Waals surface area contributed by atoms with E-state index in [1.165, 1.54) is 0 Å². The third kappa shape index (κ3) is 1.27. The van der Waals surface area contributed by atoms with Crippen molar-refractivity contribution in [2.75, 3.05) is 0 Å². The van der Waals surface area contributed by atoms with Crippen molar-refractivity contribution in [3.8, 4) is 0 Å². The Morgan fingerprint density at radius 2 is 1.44 bits per heavy atom. The molecule has 2 heteroatoms. The maximum absolute atomic E-state index is 12.9. The van der Waals surface area contributed by atoms with Crippen molar-refractivity contribution in [1.29, 1.82) is 0 Å². The highest BCUT2D eigenvalue weighted by molar-refractivity contribution is 6.06. The number of hydrogen-bond acceptors (Lipinski definition) is 1. The van der Waals surface area contributed by atoms with E-state index in [1.54, 1.807) is 0 Å². The van der Waals surface area contributed by atoms with E-state index in [9.17, 15) is 4.39 Å². The van der Waals surface area contributed by atoms with Gasteiger partial charge in [-0.2, -0.15) is 0 Å². The fourth-order valence-electron chi connectivity index (χ4n) is 2.08. The van der Waals surface area contributed by atoms with Gasteiger partial charge in [-0.05, 0) is 11.5 Å². The van der Waals surface area contributed by atoms with E-state index in [2.05, 4.69) is 4.98 Å². The number of nitrogens with zero attached hydrogens (tertiary/aromatic N) is 1. The average Bonchev–Trinajstić information content (AvgIpc) is 2.38. The summed E-state index contributed by atoms with van der Waals surface area (Å²) in [7, 11) is 0. The number of fused-ring (bicyclic) bond motifs is 3. The molecule has 78 valence electrons. The lowest BCUT2D eigenvalue weighted by molar-refractivity contribution is 0.480. The van der Waals surface area contributed by atoms with Crippen molar-refractivity contribution < 1.29 is 4.39 Å². The largest absolute Gasteiger partial charge is 0.249 e. The van der Waals surface area contributed by atoms with Crippen molar-refractivity contribution in [2.45, 2.75) is 6.67 Å². The van der Waals surface area contributed by atoms with Crippen LogP contribution in [0.15, 0.2) is 48.5 Å². The minimum absolute atomic E-state index is 0.522. The van der Waals surface area contributed by atoms with Crippen LogP contribution in [0.3, 0.4) is 0 Å². The van der Waals surface area contributed by atoms with Crippen LogP contribution in [0, 0.1) is 0 Å². The SMILES string of the molecule is FCc1nc2ccccc2c2ccccc12. The molecule has 0 aliphatic carbocycles. The molecule has 1 aromatic heterocycles. The predicted octanol–water partition coefficient (Wildman–Crippen LogP) is 3.86. The van der Waals surface area contributed by atoms with E-state index in [1.807, 2.05) is 48.5 Å².